The molecule has 4 nitrogen and oxygen atoms in total. The summed E-state index contributed by atoms with van der Waals surface area (Å²) in [7, 11) is 0. The second-order valence-corrected chi connectivity index (χ2v) is 6.55. The van der Waals surface area contributed by atoms with Crippen LogP contribution in [0.25, 0.3) is 0 Å². The average molecular weight is 340 g/mol. The molecule has 1 amide bonds. The quantitative estimate of drug-likeness (QED) is 0.712. The lowest BCUT2D eigenvalue weighted by Crippen LogP contribution is -2.25. The van der Waals surface area contributed by atoms with E-state index in [2.05, 4.69) is 36.5 Å². The topological polar surface area (TPSA) is 51.1 Å². The number of unbranched alkanes of at least 4 members (excludes halogenated alkanes) is 1. The molecule has 0 aliphatic heterocycles. The Labute approximate surface area is 149 Å². The molecule has 0 bridgehead atoms. The third-order valence-corrected chi connectivity index (χ3v) is 4.39. The first kappa shape index (κ1) is 19.0. The summed E-state index contributed by atoms with van der Waals surface area (Å²) in [6, 6.07) is 13.8. The van der Waals surface area contributed by atoms with Crippen molar-refractivity contribution in [3.63, 3.8) is 0 Å². The van der Waals surface area contributed by atoms with E-state index in [4.69, 9.17) is 0 Å². The maximum Gasteiger partial charge on any atom is 0.250 e. The number of hydrogen-bond donors (Lipinski definition) is 1. The normalized spacial score (nSPS) is 10.6. The van der Waals surface area contributed by atoms with Crippen LogP contribution in [0, 0.1) is 13.8 Å². The standard InChI is InChI=1S/C21H28N2O2/c1-17-11-13-19(14-12-17)8-6-9-20(24)22-15-3-4-16-23-18(2)7-5-10-21(23)25/h5,7,10-14H,3-4,6,8-9,15-16H2,1-2H3,(H,22,24). The zero-order chi connectivity index (χ0) is 18.1. The zero-order valence-corrected chi connectivity index (χ0v) is 15.3. The number of rotatable bonds is 9. The lowest BCUT2D eigenvalue weighted by Gasteiger charge is -2.09. The largest absolute Gasteiger partial charge is 0.356 e. The molecule has 25 heavy (non-hydrogen) atoms. The molecule has 0 saturated carbocycles. The average Bonchev–Trinajstić information content (AvgIpc) is 2.58. The molecule has 1 N–H and O–H groups in total. The Morgan fingerprint density at radius 3 is 2.48 bits per heavy atom. The summed E-state index contributed by atoms with van der Waals surface area (Å²) in [5.74, 6) is 0.111. The van der Waals surface area contributed by atoms with Gasteiger partial charge in [0.05, 0.1) is 0 Å². The molecule has 0 aliphatic rings. The predicted octanol–water partition coefficient (Wildman–Crippen LogP) is 3.38. The first-order chi connectivity index (χ1) is 12.1. The fraction of sp³-hybridized carbons (Fsp3) is 0.429. The van der Waals surface area contributed by atoms with Crippen LogP contribution in [-0.4, -0.2) is 17.0 Å². The van der Waals surface area contributed by atoms with Crippen molar-refractivity contribution in [2.45, 2.75) is 52.5 Å². The summed E-state index contributed by atoms with van der Waals surface area (Å²) in [6.07, 6.45) is 4.13. The van der Waals surface area contributed by atoms with Crippen LogP contribution >= 0.6 is 0 Å². The first-order valence-electron chi connectivity index (χ1n) is 9.05. The molecule has 134 valence electrons. The van der Waals surface area contributed by atoms with E-state index in [1.807, 2.05) is 13.0 Å². The molecule has 0 aliphatic carbocycles. The van der Waals surface area contributed by atoms with Crippen molar-refractivity contribution < 1.29 is 4.79 Å². The minimum atomic E-state index is 0.0418. The second-order valence-electron chi connectivity index (χ2n) is 6.55. The van der Waals surface area contributed by atoms with Gasteiger partial charge in [0.15, 0.2) is 0 Å². The highest BCUT2D eigenvalue weighted by molar-refractivity contribution is 5.75. The van der Waals surface area contributed by atoms with Crippen molar-refractivity contribution in [2.75, 3.05) is 6.54 Å². The fourth-order valence-corrected chi connectivity index (χ4v) is 2.83. The number of amides is 1. The molecular weight excluding hydrogens is 312 g/mol. The summed E-state index contributed by atoms with van der Waals surface area (Å²) in [5.41, 5.74) is 3.56. The van der Waals surface area contributed by atoms with Crippen molar-refractivity contribution in [3.05, 3.63) is 69.6 Å². The van der Waals surface area contributed by atoms with Crippen molar-refractivity contribution in [1.82, 2.24) is 9.88 Å². The van der Waals surface area contributed by atoms with Gasteiger partial charge in [-0.2, -0.15) is 0 Å². The number of aryl methyl sites for hydroxylation is 3. The molecule has 0 unspecified atom stereocenters. The van der Waals surface area contributed by atoms with Crippen molar-refractivity contribution in [2.24, 2.45) is 0 Å². The van der Waals surface area contributed by atoms with E-state index in [1.54, 1.807) is 16.7 Å². The zero-order valence-electron chi connectivity index (χ0n) is 15.3. The van der Waals surface area contributed by atoms with Gasteiger partial charge in [-0.15, -0.1) is 0 Å². The third-order valence-electron chi connectivity index (χ3n) is 4.39. The summed E-state index contributed by atoms with van der Waals surface area (Å²) < 4.78 is 1.78. The van der Waals surface area contributed by atoms with Crippen LogP contribution in [0.2, 0.25) is 0 Å². The van der Waals surface area contributed by atoms with Gasteiger partial charge in [-0.05, 0) is 51.2 Å². The summed E-state index contributed by atoms with van der Waals surface area (Å²) in [5, 5.41) is 2.97. The van der Waals surface area contributed by atoms with E-state index in [-0.39, 0.29) is 11.5 Å². The minimum absolute atomic E-state index is 0.0418. The summed E-state index contributed by atoms with van der Waals surface area (Å²) in [6.45, 7) is 5.39. The van der Waals surface area contributed by atoms with Gasteiger partial charge in [0.25, 0.3) is 5.56 Å². The van der Waals surface area contributed by atoms with Crippen LogP contribution in [0.5, 0.6) is 0 Å². The van der Waals surface area contributed by atoms with Gasteiger partial charge in [-0.25, -0.2) is 0 Å². The Morgan fingerprint density at radius 1 is 1.00 bits per heavy atom. The number of hydrogen-bond acceptors (Lipinski definition) is 2. The highest BCUT2D eigenvalue weighted by Gasteiger charge is 2.02. The number of benzene rings is 1. The van der Waals surface area contributed by atoms with E-state index in [1.165, 1.54) is 11.1 Å². The molecule has 0 atom stereocenters. The Balaban J connectivity index is 1.58. The van der Waals surface area contributed by atoms with E-state index in [0.717, 1.165) is 31.4 Å². The summed E-state index contributed by atoms with van der Waals surface area (Å²) in [4.78, 5) is 23.6. The lowest BCUT2D eigenvalue weighted by atomic mass is 10.1. The van der Waals surface area contributed by atoms with Crippen molar-refractivity contribution in [3.8, 4) is 0 Å². The number of pyridine rings is 1. The van der Waals surface area contributed by atoms with Gasteiger partial charge in [0.2, 0.25) is 5.91 Å². The van der Waals surface area contributed by atoms with E-state index in [9.17, 15) is 9.59 Å². The van der Waals surface area contributed by atoms with E-state index < -0.39 is 0 Å². The van der Waals surface area contributed by atoms with Crippen LogP contribution in [0.4, 0.5) is 0 Å². The Kier molecular flexibility index (Phi) is 7.45. The monoisotopic (exact) mass is 340 g/mol. The maximum absolute atomic E-state index is 11.9. The molecule has 0 radical (unpaired) electrons. The van der Waals surface area contributed by atoms with Gasteiger partial charge in [0, 0.05) is 31.3 Å². The number of nitrogens with one attached hydrogen (secondary N) is 1. The Bertz CT molecular complexity index is 732. The lowest BCUT2D eigenvalue weighted by molar-refractivity contribution is -0.121. The molecule has 4 heteroatoms. The first-order valence-corrected chi connectivity index (χ1v) is 9.05. The van der Waals surface area contributed by atoms with Gasteiger partial charge < -0.3 is 9.88 Å². The molecule has 2 rings (SSSR count). The van der Waals surface area contributed by atoms with Crippen molar-refractivity contribution >= 4 is 5.91 Å². The van der Waals surface area contributed by atoms with Gasteiger partial charge in [-0.1, -0.05) is 35.9 Å². The number of nitrogens with zero attached hydrogens (tertiary/aromatic N) is 1. The minimum Gasteiger partial charge on any atom is -0.356 e. The predicted molar refractivity (Wildman–Crippen MR) is 102 cm³/mol. The van der Waals surface area contributed by atoms with Crippen LogP contribution in [0.3, 0.4) is 0 Å². The highest BCUT2D eigenvalue weighted by atomic mass is 16.1. The van der Waals surface area contributed by atoms with Crippen LogP contribution in [0.1, 0.15) is 42.5 Å². The highest BCUT2D eigenvalue weighted by Crippen LogP contribution is 2.07. The van der Waals surface area contributed by atoms with Crippen LogP contribution in [0.15, 0.2) is 47.3 Å². The van der Waals surface area contributed by atoms with Crippen LogP contribution in [-0.2, 0) is 17.8 Å². The van der Waals surface area contributed by atoms with Crippen LogP contribution < -0.4 is 10.9 Å². The molecule has 1 aromatic carbocycles. The fourth-order valence-electron chi connectivity index (χ4n) is 2.83. The van der Waals surface area contributed by atoms with Gasteiger partial charge in [0.1, 0.15) is 0 Å². The molecule has 0 saturated heterocycles. The van der Waals surface area contributed by atoms with E-state index in [0.29, 0.717) is 19.5 Å². The number of aromatic nitrogens is 1. The molecule has 0 spiro atoms. The molecule has 0 fully saturated rings. The summed E-state index contributed by atoms with van der Waals surface area (Å²) >= 11 is 0. The number of carbonyl (C=O) groups excluding carboxylic acids is 1. The Morgan fingerprint density at radius 2 is 1.76 bits per heavy atom. The van der Waals surface area contributed by atoms with Crippen molar-refractivity contribution in [1.29, 1.82) is 0 Å². The second kappa shape index (κ2) is 9.82. The molecule has 1 heterocycles. The SMILES string of the molecule is Cc1ccc(CCCC(=O)NCCCCn2c(C)cccc2=O)cc1. The third kappa shape index (κ3) is 6.57. The smallest absolute Gasteiger partial charge is 0.250 e. The van der Waals surface area contributed by atoms with E-state index >= 15 is 0 Å². The number of carbonyl (C=O) groups is 1. The molecule has 2 aromatic rings. The van der Waals surface area contributed by atoms with Gasteiger partial charge >= 0.3 is 0 Å². The van der Waals surface area contributed by atoms with Gasteiger partial charge in [-0.3, -0.25) is 9.59 Å². The molecular formula is C21H28N2O2. The maximum atomic E-state index is 11.9. The Hall–Kier alpha value is -2.36. The molecule has 1 aromatic heterocycles.